The van der Waals surface area contributed by atoms with Crippen LogP contribution in [0.3, 0.4) is 0 Å². The molecular formula is C13H15N3O3. The standard InChI is InChI=1S/C13H15N3O3/c1-19-11-5-3-2-4-10(11)15-13(18)8-16-7-6-14-12(16)9-17/h2-7,17H,8-9H2,1H3,(H,15,18). The molecule has 0 saturated heterocycles. The van der Waals surface area contributed by atoms with E-state index in [1.807, 2.05) is 12.1 Å². The summed E-state index contributed by atoms with van der Waals surface area (Å²) in [7, 11) is 1.55. The van der Waals surface area contributed by atoms with Crippen LogP contribution in [0, 0.1) is 0 Å². The van der Waals surface area contributed by atoms with Gasteiger partial charge in [-0.15, -0.1) is 0 Å². The third kappa shape index (κ3) is 3.11. The van der Waals surface area contributed by atoms with Crippen LogP contribution in [0.15, 0.2) is 36.7 Å². The average Bonchev–Trinajstić information content (AvgIpc) is 2.86. The van der Waals surface area contributed by atoms with Crippen LogP contribution in [0.1, 0.15) is 5.82 Å². The van der Waals surface area contributed by atoms with E-state index >= 15 is 0 Å². The maximum Gasteiger partial charge on any atom is 0.244 e. The molecule has 2 N–H and O–H groups in total. The first kappa shape index (κ1) is 13.1. The van der Waals surface area contributed by atoms with Crippen LogP contribution in [-0.4, -0.2) is 27.7 Å². The van der Waals surface area contributed by atoms with E-state index in [4.69, 9.17) is 9.84 Å². The van der Waals surface area contributed by atoms with E-state index in [1.165, 1.54) is 0 Å². The second-order valence-electron chi connectivity index (χ2n) is 3.88. The summed E-state index contributed by atoms with van der Waals surface area (Å²) in [4.78, 5) is 15.9. The van der Waals surface area contributed by atoms with Gasteiger partial charge in [0.05, 0.1) is 12.8 Å². The second kappa shape index (κ2) is 6.01. The van der Waals surface area contributed by atoms with Gasteiger partial charge in [0.2, 0.25) is 5.91 Å². The summed E-state index contributed by atoms with van der Waals surface area (Å²) in [6.07, 6.45) is 3.19. The topological polar surface area (TPSA) is 76.4 Å². The SMILES string of the molecule is COc1ccccc1NC(=O)Cn1ccnc1CO. The number of para-hydroxylation sites is 2. The van der Waals surface area contributed by atoms with Crippen LogP contribution in [0.5, 0.6) is 5.75 Å². The lowest BCUT2D eigenvalue weighted by Crippen LogP contribution is -2.20. The number of amides is 1. The Morgan fingerprint density at radius 1 is 1.47 bits per heavy atom. The lowest BCUT2D eigenvalue weighted by atomic mass is 10.3. The molecule has 2 aromatic rings. The minimum absolute atomic E-state index is 0.0912. The molecular weight excluding hydrogens is 246 g/mol. The predicted molar refractivity (Wildman–Crippen MR) is 69.8 cm³/mol. The highest BCUT2D eigenvalue weighted by molar-refractivity contribution is 5.92. The second-order valence-corrected chi connectivity index (χ2v) is 3.88. The number of anilines is 1. The summed E-state index contributed by atoms with van der Waals surface area (Å²) >= 11 is 0. The van der Waals surface area contributed by atoms with Gasteiger partial charge >= 0.3 is 0 Å². The Labute approximate surface area is 110 Å². The molecule has 0 spiro atoms. The van der Waals surface area contributed by atoms with Crippen LogP contribution < -0.4 is 10.1 Å². The number of hydrogen-bond donors (Lipinski definition) is 2. The lowest BCUT2D eigenvalue weighted by molar-refractivity contribution is -0.116. The summed E-state index contributed by atoms with van der Waals surface area (Å²) in [6.45, 7) is -0.108. The quantitative estimate of drug-likeness (QED) is 0.842. The van der Waals surface area contributed by atoms with Crippen LogP contribution in [0.2, 0.25) is 0 Å². The number of nitrogens with one attached hydrogen (secondary N) is 1. The van der Waals surface area contributed by atoms with Crippen LogP contribution in [-0.2, 0) is 17.9 Å². The normalized spacial score (nSPS) is 10.2. The number of hydrogen-bond acceptors (Lipinski definition) is 4. The minimum Gasteiger partial charge on any atom is -0.495 e. The first-order valence-corrected chi connectivity index (χ1v) is 5.78. The molecule has 100 valence electrons. The molecule has 0 aliphatic rings. The summed E-state index contributed by atoms with van der Waals surface area (Å²) in [5.41, 5.74) is 0.612. The number of benzene rings is 1. The molecule has 1 aromatic heterocycles. The van der Waals surface area contributed by atoms with E-state index in [0.29, 0.717) is 17.3 Å². The molecule has 0 aliphatic heterocycles. The van der Waals surface area contributed by atoms with Gasteiger partial charge in [0, 0.05) is 12.4 Å². The van der Waals surface area contributed by atoms with Crippen molar-refractivity contribution in [3.63, 3.8) is 0 Å². The zero-order chi connectivity index (χ0) is 13.7. The van der Waals surface area contributed by atoms with Crippen LogP contribution in [0.25, 0.3) is 0 Å². The van der Waals surface area contributed by atoms with E-state index < -0.39 is 0 Å². The highest BCUT2D eigenvalue weighted by Crippen LogP contribution is 2.22. The smallest absolute Gasteiger partial charge is 0.244 e. The molecule has 0 fully saturated rings. The average molecular weight is 261 g/mol. The van der Waals surface area contributed by atoms with Gasteiger partial charge in [-0.2, -0.15) is 0 Å². The van der Waals surface area contributed by atoms with Crippen molar-refractivity contribution in [3.05, 3.63) is 42.5 Å². The van der Waals surface area contributed by atoms with Crippen LogP contribution >= 0.6 is 0 Å². The molecule has 1 aromatic carbocycles. The molecule has 2 rings (SSSR count). The van der Waals surface area contributed by atoms with Gasteiger partial charge in [-0.1, -0.05) is 12.1 Å². The van der Waals surface area contributed by atoms with Crippen molar-refractivity contribution in [2.24, 2.45) is 0 Å². The van der Waals surface area contributed by atoms with Crippen molar-refractivity contribution in [1.82, 2.24) is 9.55 Å². The lowest BCUT2D eigenvalue weighted by Gasteiger charge is -2.10. The number of aliphatic hydroxyl groups excluding tert-OH is 1. The fraction of sp³-hybridized carbons (Fsp3) is 0.231. The molecule has 0 bridgehead atoms. The zero-order valence-corrected chi connectivity index (χ0v) is 10.5. The Morgan fingerprint density at radius 2 is 2.26 bits per heavy atom. The minimum atomic E-state index is -0.211. The van der Waals surface area contributed by atoms with Crippen molar-refractivity contribution in [3.8, 4) is 5.75 Å². The highest BCUT2D eigenvalue weighted by atomic mass is 16.5. The third-order valence-electron chi connectivity index (χ3n) is 2.64. The number of aliphatic hydroxyl groups is 1. The summed E-state index contributed by atoms with van der Waals surface area (Å²) in [6, 6.07) is 7.17. The number of methoxy groups -OCH3 is 1. The molecule has 1 heterocycles. The molecule has 1 amide bonds. The molecule has 6 heteroatoms. The number of carbonyl (C=O) groups excluding carboxylic acids is 1. The number of nitrogens with zero attached hydrogens (tertiary/aromatic N) is 2. The van der Waals surface area contributed by atoms with E-state index in [0.717, 1.165) is 0 Å². The largest absolute Gasteiger partial charge is 0.495 e. The number of carbonyl (C=O) groups is 1. The van der Waals surface area contributed by atoms with Crippen molar-refractivity contribution in [2.75, 3.05) is 12.4 Å². The highest BCUT2D eigenvalue weighted by Gasteiger charge is 2.09. The molecule has 0 atom stereocenters. The third-order valence-corrected chi connectivity index (χ3v) is 2.64. The maximum absolute atomic E-state index is 11.9. The first-order chi connectivity index (χ1) is 9.24. The van der Waals surface area contributed by atoms with E-state index in [-0.39, 0.29) is 19.1 Å². The molecule has 6 nitrogen and oxygen atoms in total. The summed E-state index contributed by atoms with van der Waals surface area (Å²) < 4.78 is 6.74. The van der Waals surface area contributed by atoms with Gasteiger partial charge in [0.25, 0.3) is 0 Å². The zero-order valence-electron chi connectivity index (χ0n) is 10.5. The number of aromatic nitrogens is 2. The summed E-state index contributed by atoms with van der Waals surface area (Å²) in [5.74, 6) is 0.844. The van der Waals surface area contributed by atoms with Gasteiger partial charge in [-0.3, -0.25) is 4.79 Å². The Hall–Kier alpha value is -2.34. The van der Waals surface area contributed by atoms with Crippen molar-refractivity contribution >= 4 is 11.6 Å². The monoisotopic (exact) mass is 261 g/mol. The maximum atomic E-state index is 11.9. The van der Waals surface area contributed by atoms with Crippen molar-refractivity contribution in [2.45, 2.75) is 13.2 Å². The van der Waals surface area contributed by atoms with E-state index in [2.05, 4.69) is 10.3 Å². The van der Waals surface area contributed by atoms with Gasteiger partial charge in [-0.25, -0.2) is 4.98 Å². The number of rotatable bonds is 5. The van der Waals surface area contributed by atoms with Crippen molar-refractivity contribution in [1.29, 1.82) is 0 Å². The van der Waals surface area contributed by atoms with Gasteiger partial charge in [-0.05, 0) is 12.1 Å². The molecule has 0 unspecified atom stereocenters. The van der Waals surface area contributed by atoms with E-state index in [9.17, 15) is 4.79 Å². The van der Waals surface area contributed by atoms with Crippen LogP contribution in [0.4, 0.5) is 5.69 Å². The number of ether oxygens (including phenoxy) is 1. The van der Waals surface area contributed by atoms with Gasteiger partial charge in [0.1, 0.15) is 24.7 Å². The van der Waals surface area contributed by atoms with Crippen molar-refractivity contribution < 1.29 is 14.6 Å². The predicted octanol–water partition coefficient (Wildman–Crippen LogP) is 1.02. The fourth-order valence-electron chi connectivity index (χ4n) is 1.73. The Bertz CT molecular complexity index is 566. The Kier molecular flexibility index (Phi) is 4.15. The number of imidazole rings is 1. The fourth-order valence-corrected chi connectivity index (χ4v) is 1.73. The van der Waals surface area contributed by atoms with Gasteiger partial charge in [0.15, 0.2) is 0 Å². The molecule has 19 heavy (non-hydrogen) atoms. The first-order valence-electron chi connectivity index (χ1n) is 5.78. The Morgan fingerprint density at radius 3 is 3.00 bits per heavy atom. The Balaban J connectivity index is 2.05. The molecule has 0 aliphatic carbocycles. The van der Waals surface area contributed by atoms with Gasteiger partial charge < -0.3 is 19.7 Å². The summed E-state index contributed by atoms with van der Waals surface area (Å²) in [5, 5.41) is 11.8. The molecule has 0 radical (unpaired) electrons. The molecule has 0 saturated carbocycles. The van der Waals surface area contributed by atoms with E-state index in [1.54, 1.807) is 36.2 Å².